The average molecular weight is 178 g/mol. The Kier molecular flexibility index (Phi) is 2.51. The minimum Gasteiger partial charge on any atom is -0.289 e. The van der Waals surface area contributed by atoms with Crippen molar-refractivity contribution in [2.45, 2.75) is 6.92 Å². The smallest absolute Gasteiger partial charge is 0.216 e. The molecule has 0 saturated carbocycles. The highest BCUT2D eigenvalue weighted by Crippen LogP contribution is 2.07. The van der Waals surface area contributed by atoms with Crippen LogP contribution in [-0.2, 0) is 10.0 Å². The molecule has 0 spiro atoms. The first kappa shape index (κ1) is 8.96. The lowest BCUT2D eigenvalue weighted by molar-refractivity contribution is 0.211. The molecule has 1 fully saturated rings. The van der Waals surface area contributed by atoms with Crippen molar-refractivity contribution in [2.24, 2.45) is 0 Å². The van der Waals surface area contributed by atoms with Gasteiger partial charge in [0.25, 0.3) is 0 Å². The highest BCUT2D eigenvalue weighted by molar-refractivity contribution is 7.89. The van der Waals surface area contributed by atoms with E-state index in [-0.39, 0.29) is 5.75 Å². The summed E-state index contributed by atoms with van der Waals surface area (Å²) in [4.78, 5) is 2.10. The molecule has 1 aliphatic heterocycles. The van der Waals surface area contributed by atoms with Crippen LogP contribution in [0.25, 0.3) is 0 Å². The summed E-state index contributed by atoms with van der Waals surface area (Å²) in [5, 5.41) is 0. The van der Waals surface area contributed by atoms with E-state index in [1.165, 1.54) is 4.31 Å². The summed E-state index contributed by atoms with van der Waals surface area (Å²) >= 11 is 0. The van der Waals surface area contributed by atoms with Crippen molar-refractivity contribution in [3.8, 4) is 0 Å². The Morgan fingerprint density at radius 2 is 2.09 bits per heavy atom. The molecule has 1 aliphatic rings. The van der Waals surface area contributed by atoms with E-state index in [4.69, 9.17) is 0 Å². The SMILES string of the molecule is CCN1CCS(=O)(=O)N(C)C1. The van der Waals surface area contributed by atoms with E-state index in [9.17, 15) is 8.42 Å². The minimum absolute atomic E-state index is 0.261. The van der Waals surface area contributed by atoms with Gasteiger partial charge in [0.2, 0.25) is 10.0 Å². The third-order valence-corrected chi connectivity index (χ3v) is 3.75. The van der Waals surface area contributed by atoms with Gasteiger partial charge < -0.3 is 0 Å². The first-order valence-electron chi connectivity index (χ1n) is 3.72. The van der Waals surface area contributed by atoms with Gasteiger partial charge in [0.15, 0.2) is 0 Å². The van der Waals surface area contributed by atoms with Gasteiger partial charge in [-0.2, -0.15) is 4.31 Å². The summed E-state index contributed by atoms with van der Waals surface area (Å²) in [5.41, 5.74) is 0. The molecule has 0 N–H and O–H groups in total. The summed E-state index contributed by atoms with van der Waals surface area (Å²) in [6.45, 7) is 4.16. The zero-order chi connectivity index (χ0) is 8.48. The van der Waals surface area contributed by atoms with Crippen LogP contribution in [0.3, 0.4) is 0 Å². The lowest BCUT2D eigenvalue weighted by Crippen LogP contribution is -2.48. The monoisotopic (exact) mass is 178 g/mol. The maximum absolute atomic E-state index is 11.1. The summed E-state index contributed by atoms with van der Waals surface area (Å²) < 4.78 is 23.7. The first-order valence-corrected chi connectivity index (χ1v) is 5.33. The Morgan fingerprint density at radius 1 is 1.45 bits per heavy atom. The predicted octanol–water partition coefficient (Wildman–Crippen LogP) is -0.459. The van der Waals surface area contributed by atoms with Gasteiger partial charge in [0.05, 0.1) is 12.4 Å². The maximum atomic E-state index is 11.1. The second-order valence-electron chi connectivity index (χ2n) is 2.77. The zero-order valence-corrected chi connectivity index (χ0v) is 7.76. The Bertz CT molecular complexity index is 225. The standard InChI is InChI=1S/C6H14N2O2S/c1-3-8-4-5-11(9,10)7(2)6-8/h3-6H2,1-2H3. The van der Waals surface area contributed by atoms with Crippen molar-refractivity contribution >= 4 is 10.0 Å². The van der Waals surface area contributed by atoms with Gasteiger partial charge >= 0.3 is 0 Å². The van der Waals surface area contributed by atoms with Crippen LogP contribution >= 0.6 is 0 Å². The molecule has 11 heavy (non-hydrogen) atoms. The molecule has 1 rings (SSSR count). The molecule has 66 valence electrons. The molecule has 0 amide bonds. The molecule has 0 aromatic rings. The molecular formula is C6H14N2O2S. The molecule has 5 heteroatoms. The van der Waals surface area contributed by atoms with Crippen molar-refractivity contribution in [3.63, 3.8) is 0 Å². The van der Waals surface area contributed by atoms with Crippen molar-refractivity contribution in [1.29, 1.82) is 0 Å². The Balaban J connectivity index is 2.62. The number of hydrogen-bond donors (Lipinski definition) is 0. The van der Waals surface area contributed by atoms with Gasteiger partial charge in [0, 0.05) is 13.6 Å². The Morgan fingerprint density at radius 3 is 2.55 bits per heavy atom. The fraction of sp³-hybridized carbons (Fsp3) is 1.00. The molecule has 0 radical (unpaired) electrons. The molecule has 0 unspecified atom stereocenters. The second-order valence-corrected chi connectivity index (χ2v) is 4.96. The van der Waals surface area contributed by atoms with E-state index in [1.807, 2.05) is 6.92 Å². The Labute approximate surface area is 67.8 Å². The maximum Gasteiger partial charge on any atom is 0.216 e. The lowest BCUT2D eigenvalue weighted by atomic mass is 10.5. The predicted molar refractivity (Wildman–Crippen MR) is 43.7 cm³/mol. The zero-order valence-electron chi connectivity index (χ0n) is 6.95. The van der Waals surface area contributed by atoms with Gasteiger partial charge in [-0.05, 0) is 6.54 Å². The molecule has 4 nitrogen and oxygen atoms in total. The average Bonchev–Trinajstić information content (AvgIpc) is 1.95. The van der Waals surface area contributed by atoms with Crippen molar-refractivity contribution in [1.82, 2.24) is 9.21 Å². The highest BCUT2D eigenvalue weighted by Gasteiger charge is 2.25. The van der Waals surface area contributed by atoms with Gasteiger partial charge in [-0.15, -0.1) is 0 Å². The van der Waals surface area contributed by atoms with Crippen molar-refractivity contribution < 1.29 is 8.42 Å². The Hall–Kier alpha value is -0.130. The molecule has 0 aromatic carbocycles. The number of hydrogen-bond acceptors (Lipinski definition) is 3. The molecule has 1 saturated heterocycles. The van der Waals surface area contributed by atoms with Crippen LogP contribution < -0.4 is 0 Å². The molecular weight excluding hydrogens is 164 g/mol. The molecule has 0 aliphatic carbocycles. The van der Waals surface area contributed by atoms with Crippen molar-refractivity contribution in [3.05, 3.63) is 0 Å². The van der Waals surface area contributed by atoms with Crippen LogP contribution in [0.15, 0.2) is 0 Å². The van der Waals surface area contributed by atoms with Crippen LogP contribution in [0, 0.1) is 0 Å². The van der Waals surface area contributed by atoms with Crippen LogP contribution in [0.1, 0.15) is 6.92 Å². The highest BCUT2D eigenvalue weighted by atomic mass is 32.2. The first-order chi connectivity index (χ1) is 5.06. The normalized spacial score (nSPS) is 27.1. The number of sulfonamides is 1. The third kappa shape index (κ3) is 1.91. The van der Waals surface area contributed by atoms with Gasteiger partial charge in [-0.1, -0.05) is 6.92 Å². The van der Waals surface area contributed by atoms with Crippen LogP contribution in [0.4, 0.5) is 0 Å². The summed E-state index contributed by atoms with van der Waals surface area (Å²) in [7, 11) is -1.29. The van der Waals surface area contributed by atoms with Crippen LogP contribution in [-0.4, -0.2) is 50.2 Å². The topological polar surface area (TPSA) is 40.6 Å². The molecule has 1 heterocycles. The number of rotatable bonds is 1. The fourth-order valence-electron chi connectivity index (χ4n) is 1.10. The van der Waals surface area contributed by atoms with Gasteiger partial charge in [-0.25, -0.2) is 8.42 Å². The van der Waals surface area contributed by atoms with E-state index < -0.39 is 10.0 Å². The lowest BCUT2D eigenvalue weighted by Gasteiger charge is -2.31. The fourth-order valence-corrected chi connectivity index (χ4v) is 2.24. The van der Waals surface area contributed by atoms with Gasteiger partial charge in [0.1, 0.15) is 0 Å². The van der Waals surface area contributed by atoms with E-state index in [0.717, 1.165) is 6.54 Å². The van der Waals surface area contributed by atoms with E-state index >= 15 is 0 Å². The molecule has 0 atom stereocenters. The van der Waals surface area contributed by atoms with Gasteiger partial charge in [-0.3, -0.25) is 4.90 Å². The third-order valence-electron chi connectivity index (χ3n) is 1.99. The quantitative estimate of drug-likeness (QED) is 0.545. The van der Waals surface area contributed by atoms with Crippen molar-refractivity contribution in [2.75, 3.05) is 32.6 Å². The molecule has 0 aromatic heterocycles. The number of nitrogens with zero attached hydrogens (tertiary/aromatic N) is 2. The summed E-state index contributed by atoms with van der Waals surface area (Å²) in [6, 6.07) is 0. The van der Waals surface area contributed by atoms with Crippen LogP contribution in [0.2, 0.25) is 0 Å². The van der Waals surface area contributed by atoms with E-state index in [2.05, 4.69) is 4.90 Å². The summed E-state index contributed by atoms with van der Waals surface area (Å²) in [6.07, 6.45) is 0. The second kappa shape index (κ2) is 3.08. The summed E-state index contributed by atoms with van der Waals surface area (Å²) in [5.74, 6) is 0.261. The van der Waals surface area contributed by atoms with E-state index in [1.54, 1.807) is 7.05 Å². The van der Waals surface area contributed by atoms with Crippen LogP contribution in [0.5, 0.6) is 0 Å². The largest absolute Gasteiger partial charge is 0.289 e. The molecule has 0 bridgehead atoms. The minimum atomic E-state index is -2.91. The van der Waals surface area contributed by atoms with E-state index in [0.29, 0.717) is 13.2 Å².